The smallest absolute Gasteiger partial charge is 0.119 e. The lowest BCUT2D eigenvalue weighted by molar-refractivity contribution is 0.137. The first-order valence-corrected chi connectivity index (χ1v) is 5.77. The Morgan fingerprint density at radius 3 is 2.71 bits per heavy atom. The second kappa shape index (κ2) is 6.59. The van der Waals surface area contributed by atoms with Gasteiger partial charge < -0.3 is 20.5 Å². The number of benzene rings is 1. The maximum Gasteiger partial charge on any atom is 0.119 e. The summed E-state index contributed by atoms with van der Waals surface area (Å²) in [5.74, 6) is 0.737. The van der Waals surface area contributed by atoms with Gasteiger partial charge in [-0.2, -0.15) is 0 Å². The fraction of sp³-hybridized carbons (Fsp3) is 0.538. The SMILES string of the molecule is COc1cccc(C(O)C(N)CCN(C)C)c1. The van der Waals surface area contributed by atoms with Crippen molar-refractivity contribution in [2.24, 2.45) is 5.73 Å². The van der Waals surface area contributed by atoms with Crippen LogP contribution in [-0.4, -0.2) is 43.8 Å². The van der Waals surface area contributed by atoms with Crippen LogP contribution in [0.1, 0.15) is 18.1 Å². The van der Waals surface area contributed by atoms with Crippen molar-refractivity contribution in [3.8, 4) is 5.75 Å². The Morgan fingerprint density at radius 1 is 1.41 bits per heavy atom. The van der Waals surface area contributed by atoms with Crippen LogP contribution in [0, 0.1) is 0 Å². The Hall–Kier alpha value is -1.10. The van der Waals surface area contributed by atoms with Crippen molar-refractivity contribution in [3.05, 3.63) is 29.8 Å². The highest BCUT2D eigenvalue weighted by molar-refractivity contribution is 5.30. The van der Waals surface area contributed by atoms with E-state index in [1.165, 1.54) is 0 Å². The van der Waals surface area contributed by atoms with Crippen LogP contribution in [0.3, 0.4) is 0 Å². The summed E-state index contributed by atoms with van der Waals surface area (Å²) < 4.78 is 5.12. The number of aliphatic hydroxyl groups is 1. The largest absolute Gasteiger partial charge is 0.497 e. The zero-order valence-electron chi connectivity index (χ0n) is 10.8. The van der Waals surface area contributed by atoms with Gasteiger partial charge in [0.25, 0.3) is 0 Å². The molecule has 0 bridgehead atoms. The van der Waals surface area contributed by atoms with Crippen LogP contribution < -0.4 is 10.5 Å². The number of ether oxygens (including phenoxy) is 1. The van der Waals surface area contributed by atoms with Crippen LogP contribution in [-0.2, 0) is 0 Å². The molecule has 2 unspecified atom stereocenters. The van der Waals surface area contributed by atoms with Crippen molar-refractivity contribution in [1.29, 1.82) is 0 Å². The van der Waals surface area contributed by atoms with Crippen LogP contribution in [0.4, 0.5) is 0 Å². The van der Waals surface area contributed by atoms with Gasteiger partial charge in [0.2, 0.25) is 0 Å². The second-order valence-corrected chi connectivity index (χ2v) is 4.48. The molecule has 0 saturated heterocycles. The summed E-state index contributed by atoms with van der Waals surface area (Å²) in [6.07, 6.45) is 0.107. The minimum Gasteiger partial charge on any atom is -0.497 e. The summed E-state index contributed by atoms with van der Waals surface area (Å²) in [6.45, 7) is 0.863. The Morgan fingerprint density at radius 2 is 2.12 bits per heavy atom. The van der Waals surface area contributed by atoms with Crippen molar-refractivity contribution in [3.63, 3.8) is 0 Å². The second-order valence-electron chi connectivity index (χ2n) is 4.48. The number of rotatable bonds is 6. The maximum atomic E-state index is 10.1. The van der Waals surface area contributed by atoms with Gasteiger partial charge in [-0.25, -0.2) is 0 Å². The molecule has 96 valence electrons. The molecule has 0 aliphatic carbocycles. The molecule has 2 atom stereocenters. The van der Waals surface area contributed by atoms with Gasteiger partial charge in [-0.15, -0.1) is 0 Å². The predicted molar refractivity (Wildman–Crippen MR) is 69.1 cm³/mol. The monoisotopic (exact) mass is 238 g/mol. The summed E-state index contributed by atoms with van der Waals surface area (Å²) in [7, 11) is 5.59. The van der Waals surface area contributed by atoms with E-state index in [9.17, 15) is 5.11 Å². The Bertz CT molecular complexity index is 342. The molecule has 0 fully saturated rings. The third-order valence-corrected chi connectivity index (χ3v) is 2.75. The summed E-state index contributed by atoms with van der Waals surface area (Å²) in [5.41, 5.74) is 6.77. The van der Waals surface area contributed by atoms with Gasteiger partial charge in [0, 0.05) is 6.04 Å². The molecule has 0 aromatic heterocycles. The molecule has 0 radical (unpaired) electrons. The zero-order chi connectivity index (χ0) is 12.8. The predicted octanol–water partition coefficient (Wildman–Crippen LogP) is 1.01. The fourth-order valence-electron chi connectivity index (χ4n) is 1.64. The van der Waals surface area contributed by atoms with E-state index in [1.54, 1.807) is 7.11 Å². The highest BCUT2D eigenvalue weighted by Gasteiger charge is 2.17. The van der Waals surface area contributed by atoms with Gasteiger partial charge in [0.05, 0.1) is 13.2 Å². The molecule has 0 spiro atoms. The highest BCUT2D eigenvalue weighted by atomic mass is 16.5. The maximum absolute atomic E-state index is 10.1. The van der Waals surface area contributed by atoms with Gasteiger partial charge >= 0.3 is 0 Å². The van der Waals surface area contributed by atoms with E-state index >= 15 is 0 Å². The summed E-state index contributed by atoms with van der Waals surface area (Å²) in [4.78, 5) is 2.05. The van der Waals surface area contributed by atoms with E-state index in [4.69, 9.17) is 10.5 Å². The Balaban J connectivity index is 2.63. The molecule has 0 aliphatic heterocycles. The van der Waals surface area contributed by atoms with E-state index in [-0.39, 0.29) is 6.04 Å². The van der Waals surface area contributed by atoms with Gasteiger partial charge in [-0.1, -0.05) is 12.1 Å². The molecule has 1 rings (SSSR count). The van der Waals surface area contributed by atoms with E-state index in [1.807, 2.05) is 38.4 Å². The molecule has 4 heteroatoms. The summed E-state index contributed by atoms with van der Waals surface area (Å²) >= 11 is 0. The summed E-state index contributed by atoms with van der Waals surface area (Å²) in [5, 5.41) is 10.1. The molecule has 0 saturated carbocycles. The number of hydrogen-bond donors (Lipinski definition) is 2. The molecule has 1 aromatic rings. The lowest BCUT2D eigenvalue weighted by Gasteiger charge is -2.21. The molecule has 1 aromatic carbocycles. The first-order valence-electron chi connectivity index (χ1n) is 5.77. The van der Waals surface area contributed by atoms with Crippen molar-refractivity contribution in [2.45, 2.75) is 18.6 Å². The van der Waals surface area contributed by atoms with Crippen molar-refractivity contribution >= 4 is 0 Å². The molecular weight excluding hydrogens is 216 g/mol. The van der Waals surface area contributed by atoms with Crippen molar-refractivity contribution in [1.82, 2.24) is 4.90 Å². The van der Waals surface area contributed by atoms with Crippen LogP contribution in [0.5, 0.6) is 5.75 Å². The van der Waals surface area contributed by atoms with Crippen LogP contribution in [0.2, 0.25) is 0 Å². The molecule has 0 heterocycles. The Labute approximate surface area is 103 Å². The van der Waals surface area contributed by atoms with E-state index in [0.29, 0.717) is 0 Å². The number of methoxy groups -OCH3 is 1. The minimum absolute atomic E-state index is 0.260. The first kappa shape index (κ1) is 14.0. The Kier molecular flexibility index (Phi) is 5.41. The normalized spacial score (nSPS) is 14.7. The topological polar surface area (TPSA) is 58.7 Å². The summed E-state index contributed by atoms with van der Waals surface area (Å²) in [6, 6.07) is 7.13. The van der Waals surface area contributed by atoms with Crippen LogP contribution >= 0.6 is 0 Å². The lowest BCUT2D eigenvalue weighted by atomic mass is 10.00. The average Bonchev–Trinajstić information content (AvgIpc) is 2.35. The van der Waals surface area contributed by atoms with Crippen LogP contribution in [0.25, 0.3) is 0 Å². The third-order valence-electron chi connectivity index (χ3n) is 2.75. The molecule has 17 heavy (non-hydrogen) atoms. The fourth-order valence-corrected chi connectivity index (χ4v) is 1.64. The van der Waals surface area contributed by atoms with E-state index in [0.717, 1.165) is 24.3 Å². The van der Waals surface area contributed by atoms with Gasteiger partial charge in [0.15, 0.2) is 0 Å². The molecular formula is C13H22N2O2. The highest BCUT2D eigenvalue weighted by Crippen LogP contribution is 2.21. The quantitative estimate of drug-likeness (QED) is 0.776. The standard InChI is InChI=1S/C13H22N2O2/c1-15(2)8-7-12(14)13(16)10-5-4-6-11(9-10)17-3/h4-6,9,12-13,16H,7-8,14H2,1-3H3. The third kappa shape index (κ3) is 4.34. The van der Waals surface area contributed by atoms with Gasteiger partial charge in [-0.3, -0.25) is 0 Å². The molecule has 0 amide bonds. The number of aliphatic hydroxyl groups excluding tert-OH is 1. The van der Waals surface area contributed by atoms with Gasteiger partial charge in [-0.05, 0) is 44.8 Å². The van der Waals surface area contributed by atoms with Crippen LogP contribution in [0.15, 0.2) is 24.3 Å². The minimum atomic E-state index is -0.648. The molecule has 3 N–H and O–H groups in total. The molecule has 0 aliphatic rings. The zero-order valence-corrected chi connectivity index (χ0v) is 10.8. The first-order chi connectivity index (χ1) is 8.04. The van der Waals surface area contributed by atoms with E-state index < -0.39 is 6.10 Å². The van der Waals surface area contributed by atoms with Crippen molar-refractivity contribution < 1.29 is 9.84 Å². The van der Waals surface area contributed by atoms with E-state index in [2.05, 4.69) is 4.90 Å². The van der Waals surface area contributed by atoms with Crippen molar-refractivity contribution in [2.75, 3.05) is 27.7 Å². The number of nitrogens with two attached hydrogens (primary N) is 1. The number of hydrogen-bond acceptors (Lipinski definition) is 4. The average molecular weight is 238 g/mol. The molecule has 4 nitrogen and oxygen atoms in total. The van der Waals surface area contributed by atoms with Gasteiger partial charge in [0.1, 0.15) is 5.75 Å². The lowest BCUT2D eigenvalue weighted by Crippen LogP contribution is -2.32. The number of nitrogens with zero attached hydrogens (tertiary/aromatic N) is 1.